The van der Waals surface area contributed by atoms with Gasteiger partial charge in [-0.15, -0.1) is 24.5 Å². The Morgan fingerprint density at radius 1 is 0.838 bits per heavy atom. The van der Waals surface area contributed by atoms with Crippen molar-refractivity contribution in [1.82, 2.24) is 19.1 Å². The quantitative estimate of drug-likeness (QED) is 0.0206. The number of hydrogen-bond acceptors (Lipinski definition) is 16. The summed E-state index contributed by atoms with van der Waals surface area (Å²) in [4.78, 5) is 51.4. The first-order chi connectivity index (χ1) is 33.8. The average Bonchev–Trinajstić information content (AvgIpc) is 3.93. The summed E-state index contributed by atoms with van der Waals surface area (Å²) in [5.74, 6) is 10.9. The third-order valence-electron chi connectivity index (χ3n) is 10.1. The van der Waals surface area contributed by atoms with Gasteiger partial charge in [0.15, 0.2) is 0 Å². The zero-order chi connectivity index (χ0) is 52.3. The monoisotopic (exact) mass is 1090 g/mol. The van der Waals surface area contributed by atoms with Crippen LogP contribution in [0.3, 0.4) is 0 Å². The molecule has 74 heavy (non-hydrogen) atoms. The number of aryl methyl sites for hydroxylation is 1. The number of aromatic nitrogens is 4. The molecular formula is C48H51BN4Na2O16PS2. The molecule has 7 atom stereocenters. The number of aliphatic hydroxyl groups excluding tert-OH is 3. The normalized spacial score (nSPS) is 18.5. The van der Waals surface area contributed by atoms with Crippen molar-refractivity contribution < 1.29 is 114 Å². The topological polar surface area (TPSA) is 307 Å². The van der Waals surface area contributed by atoms with Crippen molar-refractivity contribution >= 4 is 53.0 Å². The van der Waals surface area contributed by atoms with Crippen LogP contribution in [-0.2, 0) is 34.9 Å². The second-order valence-electron chi connectivity index (χ2n) is 15.1. The van der Waals surface area contributed by atoms with Crippen LogP contribution in [0.1, 0.15) is 68.7 Å². The molecule has 0 aliphatic carbocycles. The molecule has 2 aromatic heterocycles. The van der Waals surface area contributed by atoms with Crippen molar-refractivity contribution in [1.29, 1.82) is 0 Å². The fourth-order valence-electron chi connectivity index (χ4n) is 6.91. The van der Waals surface area contributed by atoms with E-state index in [1.54, 1.807) is 12.1 Å². The van der Waals surface area contributed by atoms with Gasteiger partial charge >= 0.3 is 81.1 Å². The maximum atomic E-state index is 12.0. The number of aromatic amines is 2. The summed E-state index contributed by atoms with van der Waals surface area (Å²) in [7, 11) is -8.55. The van der Waals surface area contributed by atoms with Crippen LogP contribution >= 0.6 is 7.92 Å². The Morgan fingerprint density at radius 3 is 1.80 bits per heavy atom. The van der Waals surface area contributed by atoms with E-state index in [1.165, 1.54) is 33.7 Å². The van der Waals surface area contributed by atoms with Gasteiger partial charge < -0.3 is 34.1 Å². The van der Waals surface area contributed by atoms with Gasteiger partial charge in [0, 0.05) is 46.5 Å². The van der Waals surface area contributed by atoms with E-state index < -0.39 is 81.9 Å². The maximum absolute atomic E-state index is 12.0. The van der Waals surface area contributed by atoms with E-state index in [2.05, 4.69) is 52.4 Å². The molecule has 7 rings (SSSR count). The molecule has 0 amide bonds. The van der Waals surface area contributed by atoms with E-state index in [0.29, 0.717) is 25.9 Å². The fraction of sp³-hybridized carbons (Fsp3) is 0.333. The van der Waals surface area contributed by atoms with E-state index >= 15 is 0 Å². The number of H-pyrrole nitrogens is 2. The minimum atomic E-state index is -4.48. The van der Waals surface area contributed by atoms with Crippen molar-refractivity contribution in [3.63, 3.8) is 0 Å². The first-order valence-electron chi connectivity index (χ1n) is 21.6. The predicted molar refractivity (Wildman–Crippen MR) is 266 cm³/mol. The molecule has 3 radical (unpaired) electrons. The van der Waals surface area contributed by atoms with Crippen molar-refractivity contribution in [2.75, 3.05) is 19.8 Å². The first-order valence-corrected chi connectivity index (χ1v) is 25.4. The second-order valence-corrected chi connectivity index (χ2v) is 19.2. The summed E-state index contributed by atoms with van der Waals surface area (Å²) in [5, 5.41) is 31.1. The third kappa shape index (κ3) is 20.3. The largest absolute Gasteiger partial charge is 1.00 e. The molecule has 26 heteroatoms. The molecule has 5 aromatic rings. The molecule has 0 bridgehead atoms. The van der Waals surface area contributed by atoms with Crippen LogP contribution in [0.5, 0.6) is 0 Å². The second kappa shape index (κ2) is 33.6. The molecule has 3 aromatic carbocycles. The van der Waals surface area contributed by atoms with Gasteiger partial charge in [-0.05, 0) is 29.7 Å². The Hall–Kier alpha value is -4.34. The van der Waals surface area contributed by atoms with Crippen LogP contribution in [-0.4, -0.2) is 113 Å². The molecular weight excluding hydrogens is 1040 g/mol. The SMILES string of the molecule is C=CCOC1C[C@H](n2cc(C#CCC)c(=O)[nH]c2=O)O[C@@H]1CO.CCC#Cc1cn([C@H]2CC(O)[C@@H](CO)O2)c(=O)[nH]c1=O.Cc1cccc(P(c2c[c-]ccc2)c2cccc(S(=O)(=O)[O-])c2)c1.O=S(=O)=O.[B].[Na+].[Na+]. The molecule has 0 saturated carbocycles. The number of aliphatic hydroxyl groups is 3. The van der Waals surface area contributed by atoms with Crippen molar-refractivity contribution in [2.24, 2.45) is 0 Å². The van der Waals surface area contributed by atoms with Gasteiger partial charge in [-0.25, -0.2) is 18.0 Å². The number of hydrogen-bond donors (Lipinski definition) is 5. The standard InChI is InChI=1S/C19H16O3PS.C16H20N2O5.C13H16N2O5.B.2Na.O3S/c1-15-7-5-10-17(13-15)23(16-8-3-2-4-9-16)18-11-6-12-19(14-18)24(20,21)22;1-3-5-6-11-9-18(16(21)17-15(11)20)14-8-12(22-7-4-2)13(10-19)23-14;1-2-3-4-8-6-15(13(19)14-12(8)18)11-5-9(17)10(7-16)20-11;;;;1-4(2)3/h2-3,5-14H,1H3,(H,20,21,22);4,9,12-14,19H,2-3,7-8,10H2,1H3,(H,17,20,21);6,9-11,16-17H,2,5,7H2,1H3,(H,14,18,19);;;;/q-1;;;;2*+1;/p-1/t;12?,13-,14-;9?,10-,11-;;;;/m.11..../s1. The number of nitrogens with zero attached hydrogens (tertiary/aromatic N) is 2. The van der Waals surface area contributed by atoms with Crippen molar-refractivity contribution in [3.05, 3.63) is 162 Å². The van der Waals surface area contributed by atoms with Gasteiger partial charge in [-0.2, -0.15) is 30.3 Å². The molecule has 0 spiro atoms. The zero-order valence-electron chi connectivity index (χ0n) is 41.2. The number of ether oxygens (including phenoxy) is 3. The Labute approximate surface area is 476 Å². The van der Waals surface area contributed by atoms with E-state index in [1.807, 2.05) is 69.3 Å². The summed E-state index contributed by atoms with van der Waals surface area (Å²) in [6.07, 6.45) is 2.21. The first kappa shape index (κ1) is 67.7. The van der Waals surface area contributed by atoms with Gasteiger partial charge in [0.25, 0.3) is 11.1 Å². The van der Waals surface area contributed by atoms with Gasteiger partial charge in [0.2, 0.25) is 0 Å². The van der Waals surface area contributed by atoms with Crippen LogP contribution in [0, 0.1) is 36.7 Å². The van der Waals surface area contributed by atoms with Crippen LogP contribution < -0.4 is 97.5 Å². The van der Waals surface area contributed by atoms with Crippen molar-refractivity contribution in [3.8, 4) is 23.7 Å². The summed E-state index contributed by atoms with van der Waals surface area (Å²) >= 11 is 0. The summed E-state index contributed by atoms with van der Waals surface area (Å²) < 4.78 is 78.5. The number of benzene rings is 3. The molecule has 2 fully saturated rings. The molecule has 2 aliphatic rings. The van der Waals surface area contributed by atoms with E-state index in [0.717, 1.165) is 21.5 Å². The number of rotatable bonds is 11. The Morgan fingerprint density at radius 2 is 1.34 bits per heavy atom. The summed E-state index contributed by atoms with van der Waals surface area (Å²) in [6.45, 7) is 9.07. The van der Waals surface area contributed by atoms with E-state index in [-0.39, 0.29) is 109 Å². The minimum Gasteiger partial charge on any atom is -0.744 e. The summed E-state index contributed by atoms with van der Waals surface area (Å²) in [6, 6.07) is 25.2. The van der Waals surface area contributed by atoms with E-state index in [9.17, 15) is 42.4 Å². The molecule has 4 heterocycles. The number of nitrogens with one attached hydrogen (secondary N) is 2. The Bertz CT molecular complexity index is 3230. The molecule has 2 saturated heterocycles. The van der Waals surface area contributed by atoms with Gasteiger partial charge in [0.1, 0.15) is 45.9 Å². The zero-order valence-corrected chi connectivity index (χ0v) is 47.7. The molecule has 381 valence electrons. The molecule has 3 unspecified atom stereocenters. The molecule has 20 nitrogen and oxygen atoms in total. The van der Waals surface area contributed by atoms with Gasteiger partial charge in [0.05, 0.1) is 36.9 Å². The fourth-order valence-corrected chi connectivity index (χ4v) is 9.92. The van der Waals surface area contributed by atoms with Gasteiger partial charge in [-0.1, -0.05) is 93.5 Å². The van der Waals surface area contributed by atoms with E-state index in [4.69, 9.17) is 31.9 Å². The van der Waals surface area contributed by atoms with Crippen LogP contribution in [0.15, 0.2) is 122 Å². The Balaban J connectivity index is 0.000000526. The molecule has 5 N–H and O–H groups in total. The summed E-state index contributed by atoms with van der Waals surface area (Å²) in [5.41, 5.74) is -0.792. The van der Waals surface area contributed by atoms with Crippen molar-refractivity contribution in [2.45, 2.75) is 88.2 Å². The minimum absolute atomic E-state index is 0. The average molecular weight is 1090 g/mol. The Kier molecular flexibility index (Phi) is 30.8. The maximum Gasteiger partial charge on any atom is 1.00 e. The van der Waals surface area contributed by atoms with Gasteiger partial charge in [-0.3, -0.25) is 28.7 Å². The van der Waals surface area contributed by atoms with Crippen LogP contribution in [0.25, 0.3) is 0 Å². The van der Waals surface area contributed by atoms with Crippen LogP contribution in [0.4, 0.5) is 0 Å². The predicted octanol–water partition coefficient (Wildman–Crippen LogP) is -5.83. The van der Waals surface area contributed by atoms with Crippen LogP contribution in [0.2, 0.25) is 0 Å². The third-order valence-corrected chi connectivity index (χ3v) is 13.3. The molecule has 2 aliphatic heterocycles. The smallest absolute Gasteiger partial charge is 0.744 e.